The Bertz CT molecular complexity index is 873. The molecule has 0 amide bonds. The zero-order valence-corrected chi connectivity index (χ0v) is 12.8. The van der Waals surface area contributed by atoms with Crippen LogP contribution in [0.1, 0.15) is 5.56 Å². The molecule has 6 heteroatoms. The number of H-pyrrole nitrogens is 1. The predicted molar refractivity (Wildman–Crippen MR) is 93.0 cm³/mol. The summed E-state index contributed by atoms with van der Waals surface area (Å²) in [4.78, 5) is 18.7. The number of hydrogen-bond donors (Lipinski definition) is 2. The standard InChI is InChI=1S/C17H13ClN4O/c18-14-8-6-12(7-9-14)11-19-22-17-20-15(10-16(23)21-17)13-4-2-1-3-5-13/h1-11H,(H2,20,21,22,23)/b19-11-. The fourth-order valence-electron chi connectivity index (χ4n) is 1.98. The van der Waals surface area contributed by atoms with E-state index in [9.17, 15) is 4.79 Å². The second-order valence-electron chi connectivity index (χ2n) is 4.77. The molecule has 3 aromatic rings. The Morgan fingerprint density at radius 2 is 1.83 bits per heavy atom. The first-order chi connectivity index (χ1) is 11.2. The van der Waals surface area contributed by atoms with Gasteiger partial charge in [0.1, 0.15) is 0 Å². The van der Waals surface area contributed by atoms with Gasteiger partial charge in [-0.05, 0) is 17.7 Å². The van der Waals surface area contributed by atoms with Crippen molar-refractivity contribution in [1.82, 2.24) is 9.97 Å². The van der Waals surface area contributed by atoms with Crippen molar-refractivity contribution in [2.45, 2.75) is 0 Å². The summed E-state index contributed by atoms with van der Waals surface area (Å²) >= 11 is 5.82. The van der Waals surface area contributed by atoms with Gasteiger partial charge in [-0.15, -0.1) is 0 Å². The van der Waals surface area contributed by atoms with Crippen molar-refractivity contribution < 1.29 is 0 Å². The zero-order valence-electron chi connectivity index (χ0n) is 12.0. The first kappa shape index (κ1) is 15.0. The van der Waals surface area contributed by atoms with E-state index in [1.54, 1.807) is 18.3 Å². The van der Waals surface area contributed by atoms with Crippen molar-refractivity contribution in [1.29, 1.82) is 0 Å². The largest absolute Gasteiger partial charge is 0.291 e. The number of aromatic amines is 1. The third kappa shape index (κ3) is 4.05. The molecule has 3 rings (SSSR count). The number of nitrogens with zero attached hydrogens (tertiary/aromatic N) is 2. The van der Waals surface area contributed by atoms with E-state index >= 15 is 0 Å². The molecule has 0 unspecified atom stereocenters. The van der Waals surface area contributed by atoms with Crippen LogP contribution in [0.15, 0.2) is 70.6 Å². The van der Waals surface area contributed by atoms with Crippen molar-refractivity contribution in [3.05, 3.63) is 81.6 Å². The molecule has 2 N–H and O–H groups in total. The Hall–Kier alpha value is -2.92. The topological polar surface area (TPSA) is 70.1 Å². The maximum atomic E-state index is 11.8. The molecule has 23 heavy (non-hydrogen) atoms. The molecule has 114 valence electrons. The molecule has 1 heterocycles. The number of anilines is 1. The summed E-state index contributed by atoms with van der Waals surface area (Å²) in [6.07, 6.45) is 1.62. The van der Waals surface area contributed by atoms with Gasteiger partial charge in [-0.3, -0.25) is 9.78 Å². The van der Waals surface area contributed by atoms with E-state index in [1.807, 2.05) is 42.5 Å². The van der Waals surface area contributed by atoms with Crippen molar-refractivity contribution in [2.24, 2.45) is 5.10 Å². The van der Waals surface area contributed by atoms with E-state index in [1.165, 1.54) is 6.07 Å². The van der Waals surface area contributed by atoms with Gasteiger partial charge in [0.15, 0.2) is 0 Å². The summed E-state index contributed by atoms with van der Waals surface area (Å²) in [6.45, 7) is 0. The fourth-order valence-corrected chi connectivity index (χ4v) is 2.11. The minimum Gasteiger partial charge on any atom is -0.291 e. The lowest BCUT2D eigenvalue weighted by Gasteiger charge is -2.03. The van der Waals surface area contributed by atoms with Gasteiger partial charge in [0, 0.05) is 16.7 Å². The van der Waals surface area contributed by atoms with Crippen molar-refractivity contribution in [2.75, 3.05) is 5.43 Å². The maximum absolute atomic E-state index is 11.8. The van der Waals surface area contributed by atoms with Crippen LogP contribution in [0.25, 0.3) is 11.3 Å². The van der Waals surface area contributed by atoms with Crippen LogP contribution < -0.4 is 11.0 Å². The summed E-state index contributed by atoms with van der Waals surface area (Å²) in [5.41, 5.74) is 4.81. The van der Waals surface area contributed by atoms with Gasteiger partial charge in [-0.1, -0.05) is 54.1 Å². The lowest BCUT2D eigenvalue weighted by Crippen LogP contribution is -2.10. The van der Waals surface area contributed by atoms with E-state index in [0.717, 1.165) is 11.1 Å². The molecule has 1 aromatic heterocycles. The van der Waals surface area contributed by atoms with E-state index in [0.29, 0.717) is 10.7 Å². The normalized spacial score (nSPS) is 10.8. The van der Waals surface area contributed by atoms with Crippen LogP contribution in [0.3, 0.4) is 0 Å². The average molecular weight is 325 g/mol. The Morgan fingerprint density at radius 1 is 1.09 bits per heavy atom. The van der Waals surface area contributed by atoms with Crippen molar-refractivity contribution in [3.63, 3.8) is 0 Å². The predicted octanol–water partition coefficient (Wildman–Crippen LogP) is 3.54. The molecule has 0 atom stereocenters. The smallest absolute Gasteiger partial charge is 0.252 e. The van der Waals surface area contributed by atoms with Crippen LogP contribution >= 0.6 is 11.6 Å². The number of hydrazone groups is 1. The highest BCUT2D eigenvalue weighted by Crippen LogP contribution is 2.15. The van der Waals surface area contributed by atoms with E-state index in [4.69, 9.17) is 11.6 Å². The quantitative estimate of drug-likeness (QED) is 0.569. The number of aromatic nitrogens is 2. The SMILES string of the molecule is O=c1cc(-c2ccccc2)nc(N/N=C\c2ccc(Cl)cc2)[nH]1. The molecule has 0 spiro atoms. The average Bonchev–Trinajstić information content (AvgIpc) is 2.57. The van der Waals surface area contributed by atoms with E-state index in [-0.39, 0.29) is 11.5 Å². The highest BCUT2D eigenvalue weighted by Gasteiger charge is 2.02. The number of rotatable bonds is 4. The minimum atomic E-state index is -0.247. The second kappa shape index (κ2) is 6.89. The van der Waals surface area contributed by atoms with Crippen LogP contribution in [0.4, 0.5) is 5.95 Å². The lowest BCUT2D eigenvalue weighted by atomic mass is 10.1. The molecule has 0 aliphatic rings. The zero-order chi connectivity index (χ0) is 16.1. The molecule has 0 saturated heterocycles. The van der Waals surface area contributed by atoms with Gasteiger partial charge >= 0.3 is 0 Å². The van der Waals surface area contributed by atoms with Crippen LogP contribution in [-0.2, 0) is 0 Å². The lowest BCUT2D eigenvalue weighted by molar-refractivity contribution is 1.09. The first-order valence-corrected chi connectivity index (χ1v) is 7.30. The van der Waals surface area contributed by atoms with Crippen molar-refractivity contribution in [3.8, 4) is 11.3 Å². The Balaban J connectivity index is 1.79. The summed E-state index contributed by atoms with van der Waals surface area (Å²) in [5.74, 6) is 0.279. The van der Waals surface area contributed by atoms with Crippen molar-refractivity contribution >= 4 is 23.8 Å². The van der Waals surface area contributed by atoms with Crippen LogP contribution in [0.5, 0.6) is 0 Å². The number of benzene rings is 2. The second-order valence-corrected chi connectivity index (χ2v) is 5.20. The molecule has 5 nitrogen and oxygen atoms in total. The highest BCUT2D eigenvalue weighted by atomic mass is 35.5. The van der Waals surface area contributed by atoms with Crippen LogP contribution in [0.2, 0.25) is 5.02 Å². The molecule has 0 aliphatic heterocycles. The van der Waals surface area contributed by atoms with E-state index < -0.39 is 0 Å². The summed E-state index contributed by atoms with van der Waals surface area (Å²) in [5, 5.41) is 4.73. The van der Waals surface area contributed by atoms with Crippen LogP contribution in [-0.4, -0.2) is 16.2 Å². The third-order valence-corrected chi connectivity index (χ3v) is 3.32. The molecular weight excluding hydrogens is 312 g/mol. The van der Waals surface area contributed by atoms with Gasteiger partial charge in [0.05, 0.1) is 11.9 Å². The number of halogens is 1. The Morgan fingerprint density at radius 3 is 2.57 bits per heavy atom. The van der Waals surface area contributed by atoms with E-state index in [2.05, 4.69) is 20.5 Å². The number of hydrogen-bond acceptors (Lipinski definition) is 4. The van der Waals surface area contributed by atoms with Gasteiger partial charge in [0.25, 0.3) is 5.56 Å². The van der Waals surface area contributed by atoms with Gasteiger partial charge in [-0.25, -0.2) is 10.4 Å². The molecule has 0 radical (unpaired) electrons. The van der Waals surface area contributed by atoms with Crippen LogP contribution in [0, 0.1) is 0 Å². The number of nitrogens with one attached hydrogen (secondary N) is 2. The Labute approximate surface area is 137 Å². The molecule has 0 bridgehead atoms. The molecule has 0 saturated carbocycles. The minimum absolute atomic E-state index is 0.247. The summed E-state index contributed by atoms with van der Waals surface area (Å²) in [6, 6.07) is 18.2. The molecule has 0 fully saturated rings. The van der Waals surface area contributed by atoms with Gasteiger partial charge < -0.3 is 0 Å². The molecular formula is C17H13ClN4O. The summed E-state index contributed by atoms with van der Waals surface area (Å²) < 4.78 is 0. The first-order valence-electron chi connectivity index (χ1n) is 6.92. The van der Waals surface area contributed by atoms with Gasteiger partial charge in [0.2, 0.25) is 5.95 Å². The monoisotopic (exact) mass is 324 g/mol. The maximum Gasteiger partial charge on any atom is 0.252 e. The Kier molecular flexibility index (Phi) is 4.49. The fraction of sp³-hybridized carbons (Fsp3) is 0. The summed E-state index contributed by atoms with van der Waals surface area (Å²) in [7, 11) is 0. The molecule has 0 aliphatic carbocycles. The molecule has 2 aromatic carbocycles. The van der Waals surface area contributed by atoms with Gasteiger partial charge in [-0.2, -0.15) is 5.10 Å². The highest BCUT2D eigenvalue weighted by molar-refractivity contribution is 6.30. The third-order valence-electron chi connectivity index (χ3n) is 3.07.